The van der Waals surface area contributed by atoms with Crippen LogP contribution in [-0.4, -0.2) is 4.57 Å². The Kier molecular flexibility index (Phi) is 2.54. The van der Waals surface area contributed by atoms with Crippen LogP contribution in [0.4, 0.5) is 0 Å². The van der Waals surface area contributed by atoms with Crippen LogP contribution in [0.2, 0.25) is 0 Å². The molecule has 0 radical (unpaired) electrons. The number of hydrogen-bond donors (Lipinski definition) is 0. The standard InChI is InChI=1S/C14H17NO2/c1-15-12-8-7-11(9-13(12)17-14(15)16)10-5-3-2-4-6-10/h7-10H,2-6H2,1H3. The Bertz CT molecular complexity index is 588. The molecule has 1 saturated carbocycles. The van der Waals surface area contributed by atoms with Crippen molar-refractivity contribution in [2.45, 2.75) is 38.0 Å². The number of fused-ring (bicyclic) bond motifs is 1. The van der Waals surface area contributed by atoms with Crippen LogP contribution in [0.25, 0.3) is 11.1 Å². The molecular formula is C14H17NO2. The van der Waals surface area contributed by atoms with Gasteiger partial charge in [-0.3, -0.25) is 4.57 Å². The third-order valence-electron chi connectivity index (χ3n) is 3.89. The van der Waals surface area contributed by atoms with Gasteiger partial charge in [0.25, 0.3) is 0 Å². The van der Waals surface area contributed by atoms with E-state index in [0.29, 0.717) is 5.92 Å². The van der Waals surface area contributed by atoms with Crippen molar-refractivity contribution in [3.05, 3.63) is 34.3 Å². The summed E-state index contributed by atoms with van der Waals surface area (Å²) >= 11 is 0. The van der Waals surface area contributed by atoms with Crippen molar-refractivity contribution in [2.75, 3.05) is 0 Å². The van der Waals surface area contributed by atoms with Gasteiger partial charge in [0.2, 0.25) is 0 Å². The molecule has 3 rings (SSSR count). The molecule has 0 atom stereocenters. The first-order valence-electron chi connectivity index (χ1n) is 6.35. The minimum atomic E-state index is -0.277. The molecule has 1 aromatic heterocycles. The van der Waals surface area contributed by atoms with E-state index in [0.717, 1.165) is 11.1 Å². The lowest BCUT2D eigenvalue weighted by Gasteiger charge is -2.21. The number of aryl methyl sites for hydroxylation is 1. The third-order valence-corrected chi connectivity index (χ3v) is 3.89. The molecule has 3 nitrogen and oxygen atoms in total. The fourth-order valence-corrected chi connectivity index (χ4v) is 2.84. The summed E-state index contributed by atoms with van der Waals surface area (Å²) in [6, 6.07) is 6.20. The molecule has 0 aliphatic heterocycles. The van der Waals surface area contributed by atoms with Gasteiger partial charge >= 0.3 is 5.76 Å². The maximum atomic E-state index is 11.4. The molecule has 1 heterocycles. The van der Waals surface area contributed by atoms with E-state index in [1.165, 1.54) is 37.7 Å². The quantitative estimate of drug-likeness (QED) is 0.755. The van der Waals surface area contributed by atoms with E-state index in [1.54, 1.807) is 11.6 Å². The van der Waals surface area contributed by atoms with Gasteiger partial charge in [-0.2, -0.15) is 0 Å². The Morgan fingerprint density at radius 1 is 1.24 bits per heavy atom. The number of rotatable bonds is 1. The van der Waals surface area contributed by atoms with Crippen LogP contribution < -0.4 is 5.76 Å². The first kappa shape index (κ1) is 10.6. The SMILES string of the molecule is Cn1c(=O)oc2cc(C3CCCCC3)ccc21. The highest BCUT2D eigenvalue weighted by molar-refractivity contribution is 5.73. The van der Waals surface area contributed by atoms with Gasteiger partial charge in [-0.1, -0.05) is 25.3 Å². The van der Waals surface area contributed by atoms with Gasteiger partial charge in [-0.25, -0.2) is 4.79 Å². The van der Waals surface area contributed by atoms with Crippen LogP contribution in [0.1, 0.15) is 43.6 Å². The van der Waals surface area contributed by atoms with E-state index in [9.17, 15) is 4.79 Å². The van der Waals surface area contributed by atoms with Crippen LogP contribution in [0, 0.1) is 0 Å². The Balaban J connectivity index is 2.04. The summed E-state index contributed by atoms with van der Waals surface area (Å²) in [5, 5.41) is 0. The molecule has 0 bridgehead atoms. The zero-order chi connectivity index (χ0) is 11.8. The van der Waals surface area contributed by atoms with Crippen molar-refractivity contribution in [1.29, 1.82) is 0 Å². The average molecular weight is 231 g/mol. The summed E-state index contributed by atoms with van der Waals surface area (Å²) < 4.78 is 6.79. The molecule has 17 heavy (non-hydrogen) atoms. The monoisotopic (exact) mass is 231 g/mol. The van der Waals surface area contributed by atoms with Gasteiger partial charge in [-0.15, -0.1) is 0 Å². The first-order chi connectivity index (χ1) is 8.25. The maximum absolute atomic E-state index is 11.4. The van der Waals surface area contributed by atoms with Crippen LogP contribution in [0.3, 0.4) is 0 Å². The summed E-state index contributed by atoms with van der Waals surface area (Å²) in [5.41, 5.74) is 2.93. The van der Waals surface area contributed by atoms with Gasteiger partial charge in [0, 0.05) is 7.05 Å². The summed E-state index contributed by atoms with van der Waals surface area (Å²) in [6.07, 6.45) is 6.53. The Morgan fingerprint density at radius 3 is 2.76 bits per heavy atom. The van der Waals surface area contributed by atoms with E-state index in [1.807, 2.05) is 12.1 Å². The predicted octanol–water partition coefficient (Wildman–Crippen LogP) is 3.18. The minimum Gasteiger partial charge on any atom is -0.408 e. The highest BCUT2D eigenvalue weighted by Gasteiger charge is 2.17. The van der Waals surface area contributed by atoms with E-state index in [2.05, 4.69) is 6.07 Å². The van der Waals surface area contributed by atoms with Crippen molar-refractivity contribution in [3.63, 3.8) is 0 Å². The van der Waals surface area contributed by atoms with Gasteiger partial charge in [0.05, 0.1) is 5.52 Å². The lowest BCUT2D eigenvalue weighted by Crippen LogP contribution is -2.08. The normalized spacial score (nSPS) is 17.7. The molecule has 0 amide bonds. The minimum absolute atomic E-state index is 0.277. The van der Waals surface area contributed by atoms with Gasteiger partial charge in [0.1, 0.15) is 0 Å². The molecule has 0 saturated heterocycles. The molecule has 0 unspecified atom stereocenters. The lowest BCUT2D eigenvalue weighted by molar-refractivity contribution is 0.443. The van der Waals surface area contributed by atoms with Crippen molar-refractivity contribution in [3.8, 4) is 0 Å². The number of nitrogens with zero attached hydrogens (tertiary/aromatic N) is 1. The summed E-state index contributed by atoms with van der Waals surface area (Å²) in [6.45, 7) is 0. The van der Waals surface area contributed by atoms with Crippen LogP contribution in [0.15, 0.2) is 27.4 Å². The Labute approximate surface area is 100 Å². The molecule has 1 aliphatic rings. The lowest BCUT2D eigenvalue weighted by atomic mass is 9.84. The zero-order valence-corrected chi connectivity index (χ0v) is 10.1. The number of oxazole rings is 1. The predicted molar refractivity (Wildman–Crippen MR) is 67.3 cm³/mol. The average Bonchev–Trinajstić information content (AvgIpc) is 2.66. The second-order valence-electron chi connectivity index (χ2n) is 4.99. The molecule has 1 aliphatic carbocycles. The fourth-order valence-electron chi connectivity index (χ4n) is 2.84. The molecule has 1 fully saturated rings. The topological polar surface area (TPSA) is 35.1 Å². The van der Waals surface area contributed by atoms with Crippen LogP contribution in [-0.2, 0) is 7.05 Å². The van der Waals surface area contributed by atoms with Crippen molar-refractivity contribution < 1.29 is 4.42 Å². The van der Waals surface area contributed by atoms with E-state index in [4.69, 9.17) is 4.42 Å². The third kappa shape index (κ3) is 1.79. The summed E-state index contributed by atoms with van der Waals surface area (Å²) in [4.78, 5) is 11.4. The molecule has 2 aromatic rings. The zero-order valence-electron chi connectivity index (χ0n) is 10.1. The number of aromatic nitrogens is 1. The second-order valence-corrected chi connectivity index (χ2v) is 4.99. The largest absolute Gasteiger partial charge is 0.419 e. The maximum Gasteiger partial charge on any atom is 0.419 e. The molecule has 0 spiro atoms. The van der Waals surface area contributed by atoms with Gasteiger partial charge in [-0.05, 0) is 36.5 Å². The molecule has 0 N–H and O–H groups in total. The van der Waals surface area contributed by atoms with E-state index < -0.39 is 0 Å². The first-order valence-corrected chi connectivity index (χ1v) is 6.35. The smallest absolute Gasteiger partial charge is 0.408 e. The highest BCUT2D eigenvalue weighted by Crippen LogP contribution is 2.33. The molecule has 3 heteroatoms. The van der Waals surface area contributed by atoms with E-state index >= 15 is 0 Å². The number of hydrogen-bond acceptors (Lipinski definition) is 2. The van der Waals surface area contributed by atoms with Crippen LogP contribution in [0.5, 0.6) is 0 Å². The molecular weight excluding hydrogens is 214 g/mol. The Hall–Kier alpha value is -1.51. The second kappa shape index (κ2) is 4.06. The van der Waals surface area contributed by atoms with Crippen LogP contribution >= 0.6 is 0 Å². The van der Waals surface area contributed by atoms with E-state index in [-0.39, 0.29) is 5.76 Å². The number of benzene rings is 1. The molecule has 90 valence electrons. The Morgan fingerprint density at radius 2 is 2.00 bits per heavy atom. The summed E-state index contributed by atoms with van der Waals surface area (Å²) in [7, 11) is 1.74. The van der Waals surface area contributed by atoms with Crippen molar-refractivity contribution >= 4 is 11.1 Å². The van der Waals surface area contributed by atoms with Gasteiger partial charge < -0.3 is 4.42 Å². The summed E-state index contributed by atoms with van der Waals surface area (Å²) in [5.74, 6) is 0.374. The molecule has 1 aromatic carbocycles. The van der Waals surface area contributed by atoms with Crippen molar-refractivity contribution in [2.24, 2.45) is 7.05 Å². The highest BCUT2D eigenvalue weighted by atomic mass is 16.4. The van der Waals surface area contributed by atoms with Crippen molar-refractivity contribution in [1.82, 2.24) is 4.57 Å². The van der Waals surface area contributed by atoms with Gasteiger partial charge in [0.15, 0.2) is 5.58 Å². The fraction of sp³-hybridized carbons (Fsp3) is 0.500.